The summed E-state index contributed by atoms with van der Waals surface area (Å²) in [6, 6.07) is 0. The minimum absolute atomic E-state index is 0.833. The van der Waals surface area contributed by atoms with Gasteiger partial charge in [-0.1, -0.05) is 6.92 Å². The fourth-order valence-electron chi connectivity index (χ4n) is 2.91. The summed E-state index contributed by atoms with van der Waals surface area (Å²) in [6.45, 7) is 6.14. The second-order valence-corrected chi connectivity index (χ2v) is 8.35. The van der Waals surface area contributed by atoms with Crippen molar-refractivity contribution in [3.05, 3.63) is 27.2 Å². The Kier molecular flexibility index (Phi) is 7.25. The van der Waals surface area contributed by atoms with Crippen LogP contribution in [-0.2, 0) is 19.3 Å². The first kappa shape index (κ1) is 19.1. The van der Waals surface area contributed by atoms with Gasteiger partial charge < -0.3 is 15.5 Å². The predicted octanol–water partition coefficient (Wildman–Crippen LogP) is 2.71. The monoisotopic (exact) mass is 392 g/mol. The van der Waals surface area contributed by atoms with Gasteiger partial charge in [0.15, 0.2) is 11.1 Å². The van der Waals surface area contributed by atoms with Gasteiger partial charge in [-0.25, -0.2) is 9.97 Å². The summed E-state index contributed by atoms with van der Waals surface area (Å²) in [6.07, 6.45) is 7.47. The average molecular weight is 393 g/mol. The van der Waals surface area contributed by atoms with E-state index in [9.17, 15) is 0 Å². The standard InChI is InChI=1S/C18H28N6S2/c1-3-15-12-22-16(26-15)7-9-21-17(19-2)20-8-6-14-13-25-18(23-14)24-10-4-5-11-24/h12-13H,3-11H2,1-2H3,(H2,19,20,21). The zero-order chi connectivity index (χ0) is 18.2. The molecular weight excluding hydrogens is 364 g/mol. The Labute approximate surface area is 163 Å². The summed E-state index contributed by atoms with van der Waals surface area (Å²) >= 11 is 3.56. The first-order valence-corrected chi connectivity index (χ1v) is 11.1. The Morgan fingerprint density at radius 1 is 1.23 bits per heavy atom. The summed E-state index contributed by atoms with van der Waals surface area (Å²) < 4.78 is 0. The molecule has 1 aliphatic rings. The third-order valence-corrected chi connectivity index (χ3v) is 6.55. The topological polar surface area (TPSA) is 65.4 Å². The van der Waals surface area contributed by atoms with Gasteiger partial charge in [-0.05, 0) is 19.3 Å². The van der Waals surface area contributed by atoms with Gasteiger partial charge in [-0.2, -0.15) is 0 Å². The molecule has 1 saturated heterocycles. The molecule has 0 unspecified atom stereocenters. The maximum absolute atomic E-state index is 4.76. The van der Waals surface area contributed by atoms with Crippen LogP contribution in [0.5, 0.6) is 0 Å². The van der Waals surface area contributed by atoms with E-state index in [1.54, 1.807) is 22.7 Å². The van der Waals surface area contributed by atoms with Crippen LogP contribution in [0.2, 0.25) is 0 Å². The van der Waals surface area contributed by atoms with Gasteiger partial charge in [0, 0.05) is 62.5 Å². The van der Waals surface area contributed by atoms with Gasteiger partial charge in [0.05, 0.1) is 10.7 Å². The van der Waals surface area contributed by atoms with Crippen molar-refractivity contribution in [3.8, 4) is 0 Å². The number of guanidine groups is 1. The highest BCUT2D eigenvalue weighted by Gasteiger charge is 2.15. The normalized spacial score (nSPS) is 14.8. The molecule has 6 nitrogen and oxygen atoms in total. The molecule has 0 amide bonds. The molecule has 26 heavy (non-hydrogen) atoms. The van der Waals surface area contributed by atoms with E-state index >= 15 is 0 Å². The molecule has 142 valence electrons. The van der Waals surface area contributed by atoms with Crippen molar-refractivity contribution in [2.24, 2.45) is 4.99 Å². The van der Waals surface area contributed by atoms with Gasteiger partial charge in [0.25, 0.3) is 0 Å². The molecule has 2 aromatic heterocycles. The maximum atomic E-state index is 4.76. The number of aliphatic imine (C=N–C) groups is 1. The van der Waals surface area contributed by atoms with E-state index in [1.807, 2.05) is 13.2 Å². The second-order valence-electron chi connectivity index (χ2n) is 6.32. The molecule has 0 saturated carbocycles. The van der Waals surface area contributed by atoms with Gasteiger partial charge in [0.1, 0.15) is 0 Å². The zero-order valence-corrected chi connectivity index (χ0v) is 17.3. The van der Waals surface area contributed by atoms with Crippen molar-refractivity contribution >= 4 is 33.8 Å². The Morgan fingerprint density at radius 2 is 2.00 bits per heavy atom. The number of aryl methyl sites for hydroxylation is 1. The number of aromatic nitrogens is 2. The second kappa shape index (κ2) is 9.87. The minimum atomic E-state index is 0.833. The van der Waals surface area contributed by atoms with Crippen LogP contribution in [0.3, 0.4) is 0 Å². The Balaban J connectivity index is 1.36. The van der Waals surface area contributed by atoms with Crippen LogP contribution in [0.15, 0.2) is 16.6 Å². The number of nitrogens with one attached hydrogen (secondary N) is 2. The minimum Gasteiger partial charge on any atom is -0.356 e. The van der Waals surface area contributed by atoms with Crippen LogP contribution < -0.4 is 15.5 Å². The third kappa shape index (κ3) is 5.41. The molecule has 2 N–H and O–H groups in total. The lowest BCUT2D eigenvalue weighted by Crippen LogP contribution is -2.39. The van der Waals surface area contributed by atoms with E-state index in [0.29, 0.717) is 0 Å². The molecule has 1 aliphatic heterocycles. The van der Waals surface area contributed by atoms with Crippen molar-refractivity contribution in [3.63, 3.8) is 0 Å². The molecule has 0 spiro atoms. The van der Waals surface area contributed by atoms with Crippen LogP contribution in [0.1, 0.15) is 35.3 Å². The van der Waals surface area contributed by atoms with Crippen LogP contribution in [0, 0.1) is 0 Å². The SMILES string of the molecule is CCc1cnc(CCNC(=NC)NCCc2csc(N3CCCC3)n2)s1. The molecule has 1 fully saturated rings. The molecule has 0 radical (unpaired) electrons. The van der Waals surface area contributed by atoms with E-state index in [0.717, 1.165) is 57.1 Å². The summed E-state index contributed by atoms with van der Waals surface area (Å²) in [5, 5.41) is 11.3. The van der Waals surface area contributed by atoms with Crippen molar-refractivity contribution in [1.82, 2.24) is 20.6 Å². The Bertz CT molecular complexity index is 702. The van der Waals surface area contributed by atoms with E-state index in [2.05, 4.69) is 37.8 Å². The fourth-order valence-corrected chi connectivity index (χ4v) is 4.68. The summed E-state index contributed by atoms with van der Waals surface area (Å²) in [7, 11) is 1.81. The zero-order valence-electron chi connectivity index (χ0n) is 15.6. The number of nitrogens with zero attached hydrogens (tertiary/aromatic N) is 4. The van der Waals surface area contributed by atoms with E-state index in [-0.39, 0.29) is 0 Å². The summed E-state index contributed by atoms with van der Waals surface area (Å²) in [5.74, 6) is 0.840. The largest absolute Gasteiger partial charge is 0.356 e. The number of rotatable bonds is 8. The number of hydrogen-bond acceptors (Lipinski definition) is 6. The lowest BCUT2D eigenvalue weighted by atomic mass is 10.3. The van der Waals surface area contributed by atoms with Crippen LogP contribution >= 0.6 is 22.7 Å². The van der Waals surface area contributed by atoms with Crippen molar-refractivity contribution < 1.29 is 0 Å². The van der Waals surface area contributed by atoms with Gasteiger partial charge >= 0.3 is 0 Å². The van der Waals surface area contributed by atoms with Crippen LogP contribution in [0.25, 0.3) is 0 Å². The predicted molar refractivity (Wildman–Crippen MR) is 112 cm³/mol. The van der Waals surface area contributed by atoms with Gasteiger partial charge in [-0.15, -0.1) is 22.7 Å². The molecule has 0 atom stereocenters. The quantitative estimate of drug-likeness (QED) is 0.534. The van der Waals surface area contributed by atoms with Crippen LogP contribution in [-0.4, -0.2) is 49.2 Å². The number of thiazole rings is 2. The molecular formula is C18H28N6S2. The molecule has 8 heteroatoms. The molecule has 0 bridgehead atoms. The van der Waals surface area contributed by atoms with Crippen molar-refractivity contribution in [1.29, 1.82) is 0 Å². The Hall–Kier alpha value is -1.67. The smallest absolute Gasteiger partial charge is 0.191 e. The molecule has 0 aliphatic carbocycles. The van der Waals surface area contributed by atoms with Crippen molar-refractivity contribution in [2.45, 2.75) is 39.0 Å². The lowest BCUT2D eigenvalue weighted by Gasteiger charge is -2.12. The number of hydrogen-bond donors (Lipinski definition) is 2. The number of anilines is 1. The highest BCUT2D eigenvalue weighted by molar-refractivity contribution is 7.13. The highest BCUT2D eigenvalue weighted by atomic mass is 32.1. The Morgan fingerprint density at radius 3 is 2.69 bits per heavy atom. The summed E-state index contributed by atoms with van der Waals surface area (Å²) in [5.41, 5.74) is 1.16. The van der Waals surface area contributed by atoms with Crippen molar-refractivity contribution in [2.75, 3.05) is 38.1 Å². The van der Waals surface area contributed by atoms with E-state index in [4.69, 9.17) is 4.98 Å². The van der Waals surface area contributed by atoms with E-state index < -0.39 is 0 Å². The first-order chi connectivity index (χ1) is 12.8. The average Bonchev–Trinajstić information content (AvgIpc) is 3.40. The van der Waals surface area contributed by atoms with Gasteiger partial charge in [-0.3, -0.25) is 4.99 Å². The molecule has 2 aromatic rings. The lowest BCUT2D eigenvalue weighted by molar-refractivity contribution is 0.775. The molecule has 3 heterocycles. The molecule has 3 rings (SSSR count). The maximum Gasteiger partial charge on any atom is 0.191 e. The van der Waals surface area contributed by atoms with E-state index in [1.165, 1.54) is 27.9 Å². The summed E-state index contributed by atoms with van der Waals surface area (Å²) in [4.78, 5) is 17.2. The third-order valence-electron chi connectivity index (χ3n) is 4.39. The highest BCUT2D eigenvalue weighted by Crippen LogP contribution is 2.24. The molecule has 0 aromatic carbocycles. The van der Waals surface area contributed by atoms with Crippen LogP contribution in [0.4, 0.5) is 5.13 Å². The first-order valence-electron chi connectivity index (χ1n) is 9.36. The fraction of sp³-hybridized carbons (Fsp3) is 0.611. The van der Waals surface area contributed by atoms with Gasteiger partial charge in [0.2, 0.25) is 0 Å².